The molecule has 0 radical (unpaired) electrons. The van der Waals surface area contributed by atoms with Gasteiger partial charge >= 0.3 is 0 Å². The highest BCUT2D eigenvalue weighted by atomic mass is 32.2. The summed E-state index contributed by atoms with van der Waals surface area (Å²) in [7, 11) is 0. The van der Waals surface area contributed by atoms with Gasteiger partial charge in [0, 0.05) is 41.9 Å². The molecule has 4 rings (SSSR count). The molecule has 6 heteroatoms. The Labute approximate surface area is 174 Å². The van der Waals surface area contributed by atoms with Gasteiger partial charge in [0.05, 0.1) is 10.2 Å². The Bertz CT molecular complexity index is 973. The number of benzene rings is 2. The van der Waals surface area contributed by atoms with Crippen LogP contribution in [-0.4, -0.2) is 47.2 Å². The predicted octanol–water partition coefficient (Wildman–Crippen LogP) is 5.07. The first-order chi connectivity index (χ1) is 13.5. The van der Waals surface area contributed by atoms with Crippen molar-refractivity contribution in [1.82, 2.24) is 9.88 Å². The van der Waals surface area contributed by atoms with Gasteiger partial charge in [-0.3, -0.25) is 4.79 Å². The fourth-order valence-electron chi connectivity index (χ4n) is 3.44. The zero-order valence-corrected chi connectivity index (χ0v) is 18.1. The van der Waals surface area contributed by atoms with Gasteiger partial charge in [0.2, 0.25) is 0 Å². The van der Waals surface area contributed by atoms with E-state index in [0.717, 1.165) is 42.4 Å². The lowest BCUT2D eigenvalue weighted by molar-refractivity contribution is 0.0746. The quantitative estimate of drug-likeness (QED) is 0.562. The van der Waals surface area contributed by atoms with E-state index in [1.165, 1.54) is 15.2 Å². The number of carbonyl (C=O) groups is 1. The van der Waals surface area contributed by atoms with E-state index in [1.807, 2.05) is 28.8 Å². The summed E-state index contributed by atoms with van der Waals surface area (Å²) in [5.74, 6) is 0.126. The Morgan fingerprint density at radius 2 is 1.79 bits per heavy atom. The molecular formula is C22H25N3OS2. The Morgan fingerprint density at radius 1 is 1.07 bits per heavy atom. The number of piperazine rings is 1. The lowest BCUT2D eigenvalue weighted by Crippen LogP contribution is -2.48. The molecule has 0 N–H and O–H groups in total. The number of nitrogens with zero attached hydrogens (tertiary/aromatic N) is 3. The maximum atomic E-state index is 12.8. The highest BCUT2D eigenvalue weighted by molar-refractivity contribution is 7.99. The minimum atomic E-state index is 0.126. The largest absolute Gasteiger partial charge is 0.345 e. The van der Waals surface area contributed by atoms with E-state index in [0.29, 0.717) is 5.25 Å². The number of hydrogen-bond donors (Lipinski definition) is 0. The van der Waals surface area contributed by atoms with Crippen molar-refractivity contribution in [1.29, 1.82) is 0 Å². The first-order valence-electron chi connectivity index (χ1n) is 9.68. The summed E-state index contributed by atoms with van der Waals surface area (Å²) < 4.78 is 1.23. The number of amides is 1. The minimum absolute atomic E-state index is 0.126. The van der Waals surface area contributed by atoms with Crippen LogP contribution in [0, 0.1) is 6.92 Å². The zero-order chi connectivity index (χ0) is 19.7. The van der Waals surface area contributed by atoms with Crippen molar-refractivity contribution < 1.29 is 4.79 Å². The molecular weight excluding hydrogens is 386 g/mol. The lowest BCUT2D eigenvalue weighted by atomic mass is 10.2. The maximum Gasteiger partial charge on any atom is 0.253 e. The third-order valence-corrected chi connectivity index (χ3v) is 7.02. The molecule has 0 spiro atoms. The Kier molecular flexibility index (Phi) is 5.60. The molecule has 0 atom stereocenters. The summed E-state index contributed by atoms with van der Waals surface area (Å²) in [5, 5.41) is 1.60. The molecule has 146 valence electrons. The number of thiazole rings is 1. The lowest BCUT2D eigenvalue weighted by Gasteiger charge is -2.34. The van der Waals surface area contributed by atoms with Crippen LogP contribution in [0.15, 0.2) is 47.4 Å². The van der Waals surface area contributed by atoms with Gasteiger partial charge in [0.15, 0.2) is 5.13 Å². The van der Waals surface area contributed by atoms with Crippen molar-refractivity contribution in [3.63, 3.8) is 0 Å². The SMILES string of the molecule is Cc1cccc2sc(N3CCN(C(=O)c4ccc(SC(C)C)cc4)CC3)nc12. The number of aromatic nitrogens is 1. The Morgan fingerprint density at radius 3 is 2.43 bits per heavy atom. The molecule has 0 aliphatic carbocycles. The molecule has 1 amide bonds. The van der Waals surface area contributed by atoms with Gasteiger partial charge in [0.1, 0.15) is 0 Å². The van der Waals surface area contributed by atoms with E-state index in [-0.39, 0.29) is 5.91 Å². The molecule has 28 heavy (non-hydrogen) atoms. The summed E-state index contributed by atoms with van der Waals surface area (Å²) in [6.45, 7) is 9.57. The van der Waals surface area contributed by atoms with Crippen molar-refractivity contribution in [2.24, 2.45) is 0 Å². The summed E-state index contributed by atoms with van der Waals surface area (Å²) in [6, 6.07) is 14.3. The van der Waals surface area contributed by atoms with E-state index >= 15 is 0 Å². The van der Waals surface area contributed by atoms with Crippen LogP contribution < -0.4 is 4.90 Å². The number of para-hydroxylation sites is 1. The number of fused-ring (bicyclic) bond motifs is 1. The number of thioether (sulfide) groups is 1. The van der Waals surface area contributed by atoms with Crippen LogP contribution in [0.4, 0.5) is 5.13 Å². The van der Waals surface area contributed by atoms with Crippen LogP contribution in [0.2, 0.25) is 0 Å². The topological polar surface area (TPSA) is 36.4 Å². The van der Waals surface area contributed by atoms with Crippen molar-refractivity contribution >= 4 is 44.4 Å². The van der Waals surface area contributed by atoms with Crippen molar-refractivity contribution in [2.75, 3.05) is 31.1 Å². The minimum Gasteiger partial charge on any atom is -0.345 e. The van der Waals surface area contributed by atoms with Gasteiger partial charge in [-0.1, -0.05) is 37.3 Å². The molecule has 3 aromatic rings. The third kappa shape index (κ3) is 4.03. The molecule has 1 fully saturated rings. The van der Waals surface area contributed by atoms with Crippen molar-refractivity contribution in [3.05, 3.63) is 53.6 Å². The van der Waals surface area contributed by atoms with E-state index in [1.54, 1.807) is 11.3 Å². The Hall–Kier alpha value is -2.05. The van der Waals surface area contributed by atoms with E-state index < -0.39 is 0 Å². The number of aryl methyl sites for hydroxylation is 1. The normalized spacial score (nSPS) is 14.9. The average molecular weight is 412 g/mol. The number of rotatable bonds is 4. The second kappa shape index (κ2) is 8.13. The summed E-state index contributed by atoms with van der Waals surface area (Å²) >= 11 is 3.56. The fraction of sp³-hybridized carbons (Fsp3) is 0.364. The van der Waals surface area contributed by atoms with Crippen LogP contribution in [0.3, 0.4) is 0 Å². The monoisotopic (exact) mass is 411 g/mol. The second-order valence-corrected chi connectivity index (χ2v) is 10.0. The van der Waals surface area contributed by atoms with Gasteiger partial charge in [-0.05, 0) is 42.8 Å². The molecule has 2 aromatic carbocycles. The molecule has 2 heterocycles. The van der Waals surface area contributed by atoms with Crippen LogP contribution in [0.5, 0.6) is 0 Å². The highest BCUT2D eigenvalue weighted by Gasteiger charge is 2.24. The first-order valence-corrected chi connectivity index (χ1v) is 11.4. The number of hydrogen-bond acceptors (Lipinski definition) is 5. The van der Waals surface area contributed by atoms with Gasteiger partial charge < -0.3 is 9.80 Å². The standard InChI is InChI=1S/C22H25N3OS2/c1-15(2)27-18-9-7-17(8-10-18)21(26)24-11-13-25(14-12-24)22-23-20-16(3)5-4-6-19(20)28-22/h4-10,15H,11-14H2,1-3H3. The molecule has 1 aliphatic rings. The molecule has 1 saturated heterocycles. The van der Waals surface area contributed by atoms with Gasteiger partial charge in [-0.15, -0.1) is 11.8 Å². The van der Waals surface area contributed by atoms with Gasteiger partial charge in [-0.2, -0.15) is 0 Å². The average Bonchev–Trinajstić information content (AvgIpc) is 3.13. The van der Waals surface area contributed by atoms with E-state index in [4.69, 9.17) is 4.98 Å². The predicted molar refractivity (Wildman–Crippen MR) is 120 cm³/mol. The van der Waals surface area contributed by atoms with Gasteiger partial charge in [-0.25, -0.2) is 4.98 Å². The smallest absolute Gasteiger partial charge is 0.253 e. The van der Waals surface area contributed by atoms with Crippen LogP contribution >= 0.6 is 23.1 Å². The highest BCUT2D eigenvalue weighted by Crippen LogP contribution is 2.31. The summed E-state index contributed by atoms with van der Waals surface area (Å²) in [6.07, 6.45) is 0. The van der Waals surface area contributed by atoms with Gasteiger partial charge in [0.25, 0.3) is 5.91 Å². The molecule has 1 aromatic heterocycles. The van der Waals surface area contributed by atoms with Crippen molar-refractivity contribution in [2.45, 2.75) is 30.9 Å². The second-order valence-electron chi connectivity index (χ2n) is 7.39. The molecule has 4 nitrogen and oxygen atoms in total. The molecule has 0 saturated carbocycles. The molecule has 0 unspecified atom stereocenters. The fourth-order valence-corrected chi connectivity index (χ4v) is 5.37. The summed E-state index contributed by atoms with van der Waals surface area (Å²) in [5.41, 5.74) is 3.09. The Balaban J connectivity index is 1.40. The first kappa shape index (κ1) is 19.3. The molecule has 0 bridgehead atoms. The van der Waals surface area contributed by atoms with Crippen LogP contribution in [0.25, 0.3) is 10.2 Å². The van der Waals surface area contributed by atoms with Crippen LogP contribution in [-0.2, 0) is 0 Å². The summed E-state index contributed by atoms with van der Waals surface area (Å²) in [4.78, 5) is 23.2. The third-order valence-electron chi connectivity index (χ3n) is 4.92. The number of anilines is 1. The molecule has 1 aliphatic heterocycles. The van der Waals surface area contributed by atoms with Crippen LogP contribution in [0.1, 0.15) is 29.8 Å². The van der Waals surface area contributed by atoms with E-state index in [9.17, 15) is 4.79 Å². The zero-order valence-electron chi connectivity index (χ0n) is 16.5. The van der Waals surface area contributed by atoms with E-state index in [2.05, 4.69) is 56.0 Å². The maximum absolute atomic E-state index is 12.8. The number of carbonyl (C=O) groups excluding carboxylic acids is 1. The van der Waals surface area contributed by atoms with Crippen molar-refractivity contribution in [3.8, 4) is 0 Å².